The lowest BCUT2D eigenvalue weighted by molar-refractivity contribution is 1.32. The van der Waals surface area contributed by atoms with Crippen LogP contribution in [0.25, 0.3) is 110 Å². The van der Waals surface area contributed by atoms with Crippen LogP contribution >= 0.6 is 0 Å². The van der Waals surface area contributed by atoms with Crippen LogP contribution in [0.4, 0.5) is 0 Å². The molecule has 58 heavy (non-hydrogen) atoms. The molecule has 11 rings (SSSR count). The lowest BCUT2D eigenvalue weighted by Crippen LogP contribution is -1.92. The fraction of sp³-hybridized carbons (Fsp3) is 0. The van der Waals surface area contributed by atoms with Gasteiger partial charge in [0.25, 0.3) is 0 Å². The third-order valence-electron chi connectivity index (χ3n) is 11.5. The fourth-order valence-electron chi connectivity index (χ4n) is 8.27. The second-order valence-corrected chi connectivity index (χ2v) is 15.1. The molecule has 270 valence electrons. The van der Waals surface area contributed by atoms with Crippen LogP contribution in [0, 0.1) is 0 Å². The number of hydrogen-bond acceptors (Lipinski definition) is 2. The molecular weight excluding hydrogens is 701 g/mol. The van der Waals surface area contributed by atoms with Crippen molar-refractivity contribution in [2.75, 3.05) is 0 Å². The van der Waals surface area contributed by atoms with Gasteiger partial charge in [-0.2, -0.15) is 0 Å². The quantitative estimate of drug-likeness (QED) is 0.159. The normalized spacial score (nSPS) is 11.4. The van der Waals surface area contributed by atoms with Crippen LogP contribution in [0.15, 0.2) is 219 Å². The minimum Gasteiger partial charge on any atom is -0.264 e. The predicted octanol–water partition coefficient (Wildman–Crippen LogP) is 15.1. The highest BCUT2D eigenvalue weighted by molar-refractivity contribution is 6.00. The van der Waals surface area contributed by atoms with Gasteiger partial charge in [-0.1, -0.05) is 158 Å². The van der Waals surface area contributed by atoms with Gasteiger partial charge in [0.2, 0.25) is 0 Å². The summed E-state index contributed by atoms with van der Waals surface area (Å²) in [6.45, 7) is 0. The van der Waals surface area contributed by atoms with Gasteiger partial charge in [0.05, 0.1) is 11.4 Å². The van der Waals surface area contributed by atoms with Gasteiger partial charge in [0.15, 0.2) is 0 Å². The van der Waals surface area contributed by atoms with Crippen LogP contribution in [0.1, 0.15) is 0 Å². The number of aromatic nitrogens is 2. The second kappa shape index (κ2) is 14.1. The Labute approximate surface area is 337 Å². The lowest BCUT2D eigenvalue weighted by Gasteiger charge is -2.13. The average molecular weight is 737 g/mol. The molecule has 2 heterocycles. The van der Waals surface area contributed by atoms with Crippen LogP contribution in [0.5, 0.6) is 0 Å². The summed E-state index contributed by atoms with van der Waals surface area (Å²) in [5, 5.41) is 9.84. The van der Waals surface area contributed by atoms with E-state index in [0.717, 1.165) is 39.0 Å². The van der Waals surface area contributed by atoms with E-state index in [1.807, 2.05) is 12.4 Å². The molecule has 0 saturated heterocycles. The molecule has 0 saturated carbocycles. The molecule has 0 radical (unpaired) electrons. The van der Waals surface area contributed by atoms with E-state index in [4.69, 9.17) is 4.98 Å². The molecule has 0 amide bonds. The summed E-state index contributed by atoms with van der Waals surface area (Å²) >= 11 is 0. The largest absolute Gasteiger partial charge is 0.264 e. The van der Waals surface area contributed by atoms with Crippen molar-refractivity contribution in [1.82, 2.24) is 9.97 Å². The molecule has 0 N–H and O–H groups in total. The molecule has 2 heteroatoms. The minimum absolute atomic E-state index is 0.938. The zero-order chi connectivity index (χ0) is 38.4. The van der Waals surface area contributed by atoms with E-state index in [-0.39, 0.29) is 0 Å². The number of nitrogens with zero attached hydrogens (tertiary/aromatic N) is 2. The zero-order valence-electron chi connectivity index (χ0n) is 31.7. The maximum absolute atomic E-state index is 5.29. The average Bonchev–Trinajstić information content (AvgIpc) is 3.30. The van der Waals surface area contributed by atoms with Crippen molar-refractivity contribution >= 4 is 43.1 Å². The molecular formula is C56H36N2. The van der Waals surface area contributed by atoms with Gasteiger partial charge in [-0.3, -0.25) is 4.98 Å². The van der Waals surface area contributed by atoms with Crippen LogP contribution in [0.2, 0.25) is 0 Å². The number of fused-ring (bicyclic) bond motifs is 4. The van der Waals surface area contributed by atoms with E-state index in [2.05, 4.69) is 211 Å². The third-order valence-corrected chi connectivity index (χ3v) is 11.5. The molecule has 0 aliphatic rings. The molecule has 11 aromatic rings. The number of rotatable bonds is 6. The number of benzene rings is 9. The molecule has 0 bridgehead atoms. The number of pyridine rings is 2. The Bertz CT molecular complexity index is 3170. The Hall–Kier alpha value is -7.68. The Morgan fingerprint density at radius 2 is 0.586 bits per heavy atom. The molecule has 0 atom stereocenters. The van der Waals surface area contributed by atoms with Crippen molar-refractivity contribution in [3.05, 3.63) is 219 Å². The minimum atomic E-state index is 0.938. The maximum Gasteiger partial charge on any atom is 0.0715 e. The lowest BCUT2D eigenvalue weighted by atomic mass is 9.95. The number of hydrogen-bond donors (Lipinski definition) is 0. The second-order valence-electron chi connectivity index (χ2n) is 15.1. The zero-order valence-corrected chi connectivity index (χ0v) is 31.7. The highest BCUT2D eigenvalue weighted by Gasteiger charge is 2.12. The maximum atomic E-state index is 5.29. The molecule has 0 fully saturated rings. The Balaban J connectivity index is 0.958. The first-order valence-corrected chi connectivity index (χ1v) is 19.8. The monoisotopic (exact) mass is 736 g/mol. The highest BCUT2D eigenvalue weighted by atomic mass is 14.7. The Morgan fingerprint density at radius 3 is 1.14 bits per heavy atom. The summed E-state index contributed by atoms with van der Waals surface area (Å²) in [4.78, 5) is 9.57. The van der Waals surface area contributed by atoms with Gasteiger partial charge in [-0.15, -0.1) is 0 Å². The standard InChI is InChI=1S/C56H36N2/c1-2-6-44-29-47(22-17-37(44)5-1)39-13-18-42(19-14-39)55-34-54(35-56(58-55)43-20-15-40(16-21-43)48-25-26-52-36-57-28-27-51(52)31-48)41-11-9-38(10-12-41)49-23-24-50-30-45-7-3-4-8-46(45)32-53(50)33-49/h1-36H. The first-order valence-electron chi connectivity index (χ1n) is 19.8. The summed E-state index contributed by atoms with van der Waals surface area (Å²) in [7, 11) is 0. The molecule has 2 nitrogen and oxygen atoms in total. The van der Waals surface area contributed by atoms with Crippen LogP contribution in [0.3, 0.4) is 0 Å². The van der Waals surface area contributed by atoms with Gasteiger partial charge >= 0.3 is 0 Å². The summed E-state index contributed by atoms with van der Waals surface area (Å²) < 4.78 is 0. The van der Waals surface area contributed by atoms with E-state index in [1.165, 1.54) is 71.1 Å². The van der Waals surface area contributed by atoms with Gasteiger partial charge in [0, 0.05) is 28.9 Å². The van der Waals surface area contributed by atoms with Gasteiger partial charge in [-0.25, -0.2) is 4.98 Å². The van der Waals surface area contributed by atoms with E-state index in [1.54, 1.807) is 0 Å². The SMILES string of the molecule is c1ccc2cc(-c3ccc(-c4cc(-c5ccc(-c6ccc7cc8ccccc8cc7c6)cc5)cc(-c5ccc(-c6ccc7cnccc7c6)cc5)n4)cc3)ccc2c1. The van der Waals surface area contributed by atoms with Gasteiger partial charge in [0.1, 0.15) is 0 Å². The van der Waals surface area contributed by atoms with E-state index < -0.39 is 0 Å². The smallest absolute Gasteiger partial charge is 0.0715 e. The van der Waals surface area contributed by atoms with Crippen molar-refractivity contribution in [2.45, 2.75) is 0 Å². The molecule has 0 aliphatic carbocycles. The van der Waals surface area contributed by atoms with Gasteiger partial charge < -0.3 is 0 Å². The summed E-state index contributed by atoms with van der Waals surface area (Å²) in [5.41, 5.74) is 13.4. The molecule has 9 aromatic carbocycles. The van der Waals surface area contributed by atoms with E-state index >= 15 is 0 Å². The van der Waals surface area contributed by atoms with Crippen LogP contribution in [-0.4, -0.2) is 9.97 Å². The predicted molar refractivity (Wildman–Crippen MR) is 245 cm³/mol. The van der Waals surface area contributed by atoms with Crippen molar-refractivity contribution in [3.63, 3.8) is 0 Å². The van der Waals surface area contributed by atoms with Crippen molar-refractivity contribution < 1.29 is 0 Å². The molecule has 0 aliphatic heterocycles. The fourth-order valence-corrected chi connectivity index (χ4v) is 8.27. The molecule has 2 aromatic heterocycles. The van der Waals surface area contributed by atoms with Crippen molar-refractivity contribution in [1.29, 1.82) is 0 Å². The highest BCUT2D eigenvalue weighted by Crippen LogP contribution is 2.35. The summed E-state index contributed by atoms with van der Waals surface area (Å²) in [5.74, 6) is 0. The molecule has 0 spiro atoms. The molecule has 0 unspecified atom stereocenters. The summed E-state index contributed by atoms with van der Waals surface area (Å²) in [6, 6.07) is 74.7. The first kappa shape index (κ1) is 33.6. The Kier molecular flexibility index (Phi) is 8.19. The topological polar surface area (TPSA) is 25.8 Å². The van der Waals surface area contributed by atoms with Crippen LogP contribution in [-0.2, 0) is 0 Å². The van der Waals surface area contributed by atoms with Gasteiger partial charge in [-0.05, 0) is 131 Å². The Morgan fingerprint density at radius 1 is 0.224 bits per heavy atom. The third kappa shape index (κ3) is 6.37. The van der Waals surface area contributed by atoms with E-state index in [9.17, 15) is 0 Å². The van der Waals surface area contributed by atoms with Crippen molar-refractivity contribution in [3.8, 4) is 67.0 Å². The van der Waals surface area contributed by atoms with E-state index in [0.29, 0.717) is 0 Å². The van der Waals surface area contributed by atoms with Crippen LogP contribution < -0.4 is 0 Å². The van der Waals surface area contributed by atoms with Crippen molar-refractivity contribution in [2.24, 2.45) is 0 Å². The summed E-state index contributed by atoms with van der Waals surface area (Å²) in [6.07, 6.45) is 3.76. The first-order chi connectivity index (χ1) is 28.7.